The fourth-order valence-electron chi connectivity index (χ4n) is 4.66. The van der Waals surface area contributed by atoms with Crippen molar-refractivity contribution >= 4 is 11.9 Å². The molecule has 148 valence electrons. The van der Waals surface area contributed by atoms with E-state index >= 15 is 0 Å². The Morgan fingerprint density at radius 1 is 1.26 bits per heavy atom. The molecular weight excluding hydrogens is 338 g/mol. The number of hydrogen-bond donors (Lipinski definition) is 0. The number of carbonyl (C=O) groups is 2. The fraction of sp³-hybridized carbons (Fsp3) is 0.652. The van der Waals surface area contributed by atoms with Crippen molar-refractivity contribution in [2.24, 2.45) is 0 Å². The van der Waals surface area contributed by atoms with E-state index in [1.165, 1.54) is 29.4 Å². The number of ether oxygens (including phenoxy) is 1. The van der Waals surface area contributed by atoms with Crippen LogP contribution in [0.4, 0.5) is 0 Å². The van der Waals surface area contributed by atoms with Gasteiger partial charge in [-0.25, -0.2) is 4.79 Å². The molecule has 0 N–H and O–H groups in total. The molecule has 1 amide bonds. The molecule has 2 atom stereocenters. The van der Waals surface area contributed by atoms with Crippen molar-refractivity contribution in [3.05, 3.63) is 34.4 Å². The summed E-state index contributed by atoms with van der Waals surface area (Å²) < 4.78 is 4.97. The molecule has 1 aliphatic heterocycles. The number of methoxy groups -OCH3 is 1. The molecule has 0 radical (unpaired) electrons. The van der Waals surface area contributed by atoms with Crippen LogP contribution in [0.25, 0.3) is 0 Å². The summed E-state index contributed by atoms with van der Waals surface area (Å²) in [5.41, 5.74) is 5.43. The Morgan fingerprint density at radius 3 is 2.52 bits per heavy atom. The third kappa shape index (κ3) is 3.39. The number of nitrogens with zero attached hydrogens (tertiary/aromatic N) is 1. The van der Waals surface area contributed by atoms with Crippen LogP contribution in [0, 0.1) is 0 Å². The first kappa shape index (κ1) is 19.9. The Labute approximate surface area is 163 Å². The average Bonchev–Trinajstić information content (AvgIpc) is 3.12. The Morgan fingerprint density at radius 2 is 1.93 bits per heavy atom. The van der Waals surface area contributed by atoms with Gasteiger partial charge < -0.3 is 9.64 Å². The Balaban J connectivity index is 2.12. The summed E-state index contributed by atoms with van der Waals surface area (Å²) in [6, 6.07) is 4.03. The van der Waals surface area contributed by atoms with Gasteiger partial charge in [0.15, 0.2) is 0 Å². The first-order valence-corrected chi connectivity index (χ1v) is 10.0. The van der Waals surface area contributed by atoms with E-state index in [0.29, 0.717) is 12.8 Å². The minimum atomic E-state index is -0.471. The van der Waals surface area contributed by atoms with Crippen LogP contribution in [-0.4, -0.2) is 29.9 Å². The molecule has 4 nitrogen and oxygen atoms in total. The summed E-state index contributed by atoms with van der Waals surface area (Å²) in [4.78, 5) is 26.7. The number of likely N-dealkylation sites (tertiary alicyclic amines) is 1. The van der Waals surface area contributed by atoms with Gasteiger partial charge in [-0.2, -0.15) is 0 Å². The summed E-state index contributed by atoms with van der Waals surface area (Å²) >= 11 is 0. The molecule has 0 aromatic heterocycles. The van der Waals surface area contributed by atoms with Crippen molar-refractivity contribution in [2.75, 3.05) is 7.11 Å². The topological polar surface area (TPSA) is 46.6 Å². The molecule has 1 heterocycles. The molecule has 27 heavy (non-hydrogen) atoms. The summed E-state index contributed by atoms with van der Waals surface area (Å²) in [6.45, 7) is 13.3. The largest absolute Gasteiger partial charge is 0.467 e. The van der Waals surface area contributed by atoms with Gasteiger partial charge in [-0.3, -0.25) is 4.79 Å². The maximum Gasteiger partial charge on any atom is 0.328 e. The molecule has 0 bridgehead atoms. The van der Waals surface area contributed by atoms with Crippen LogP contribution in [-0.2, 0) is 31.6 Å². The molecule has 1 aromatic rings. The van der Waals surface area contributed by atoms with E-state index in [2.05, 4.69) is 53.7 Å². The van der Waals surface area contributed by atoms with E-state index in [1.54, 1.807) is 4.90 Å². The molecule has 1 aromatic carbocycles. The van der Waals surface area contributed by atoms with E-state index in [9.17, 15) is 9.59 Å². The standard InChI is InChI=1S/C23H33NO3/c1-14(24-19(21(26)27-7)8-9-20(24)25)17-12-15(22(2,3)4)13-18-16(17)10-11-23(18,5)6/h12-14,19H,8-11H2,1-7H3. The lowest BCUT2D eigenvalue weighted by Crippen LogP contribution is -2.41. The second-order valence-corrected chi connectivity index (χ2v) is 9.78. The van der Waals surface area contributed by atoms with Gasteiger partial charge in [0.1, 0.15) is 6.04 Å². The number of fused-ring (bicyclic) bond motifs is 1. The van der Waals surface area contributed by atoms with Gasteiger partial charge in [0.05, 0.1) is 13.2 Å². The average molecular weight is 372 g/mol. The van der Waals surface area contributed by atoms with Crippen LogP contribution in [0.15, 0.2) is 12.1 Å². The van der Waals surface area contributed by atoms with Crippen LogP contribution in [0.1, 0.15) is 89.1 Å². The number of amides is 1. The van der Waals surface area contributed by atoms with E-state index in [0.717, 1.165) is 12.8 Å². The zero-order valence-electron chi connectivity index (χ0n) is 17.8. The zero-order chi connectivity index (χ0) is 20.1. The van der Waals surface area contributed by atoms with Crippen molar-refractivity contribution in [3.63, 3.8) is 0 Å². The second kappa shape index (κ2) is 6.65. The number of esters is 1. The molecule has 1 aliphatic carbocycles. The van der Waals surface area contributed by atoms with E-state index in [1.807, 2.05) is 0 Å². The van der Waals surface area contributed by atoms with Crippen LogP contribution >= 0.6 is 0 Å². The predicted octanol–water partition coefficient (Wildman–Crippen LogP) is 4.43. The molecule has 0 spiro atoms. The summed E-state index contributed by atoms with van der Waals surface area (Å²) in [5, 5.41) is 0. The van der Waals surface area contributed by atoms with Gasteiger partial charge in [0.25, 0.3) is 0 Å². The highest BCUT2D eigenvalue weighted by molar-refractivity contribution is 5.88. The van der Waals surface area contributed by atoms with Gasteiger partial charge in [0, 0.05) is 6.42 Å². The normalized spacial score (nSPS) is 22.7. The van der Waals surface area contributed by atoms with Crippen molar-refractivity contribution < 1.29 is 14.3 Å². The number of carbonyl (C=O) groups excluding carboxylic acids is 2. The predicted molar refractivity (Wildman–Crippen MR) is 107 cm³/mol. The van der Waals surface area contributed by atoms with E-state index in [-0.39, 0.29) is 28.7 Å². The lowest BCUT2D eigenvalue weighted by Gasteiger charge is -2.33. The summed E-state index contributed by atoms with van der Waals surface area (Å²) in [5.74, 6) is -0.262. The van der Waals surface area contributed by atoms with Crippen LogP contribution in [0.5, 0.6) is 0 Å². The molecular formula is C23H33NO3. The Hall–Kier alpha value is -1.84. The van der Waals surface area contributed by atoms with E-state index in [4.69, 9.17) is 4.74 Å². The maximum atomic E-state index is 12.6. The Kier molecular flexibility index (Phi) is 4.90. The first-order valence-electron chi connectivity index (χ1n) is 10.0. The SMILES string of the molecule is COC(=O)C1CCC(=O)N1C(C)c1cc(C(C)(C)C)cc2c1CCC2(C)C. The minimum absolute atomic E-state index is 0.0267. The zero-order valence-corrected chi connectivity index (χ0v) is 17.8. The van der Waals surface area contributed by atoms with Gasteiger partial charge >= 0.3 is 5.97 Å². The van der Waals surface area contributed by atoms with Crippen LogP contribution < -0.4 is 0 Å². The van der Waals surface area contributed by atoms with Crippen LogP contribution in [0.2, 0.25) is 0 Å². The molecule has 2 aliphatic rings. The minimum Gasteiger partial charge on any atom is -0.467 e. The van der Waals surface area contributed by atoms with Crippen molar-refractivity contribution in [1.82, 2.24) is 4.90 Å². The lowest BCUT2D eigenvalue weighted by molar-refractivity contribution is -0.150. The monoisotopic (exact) mass is 371 g/mol. The van der Waals surface area contributed by atoms with Crippen LogP contribution in [0.3, 0.4) is 0 Å². The third-order valence-corrected chi connectivity index (χ3v) is 6.48. The molecule has 3 rings (SSSR count). The molecule has 4 heteroatoms. The molecule has 0 saturated carbocycles. The lowest BCUT2D eigenvalue weighted by atomic mass is 9.78. The van der Waals surface area contributed by atoms with Crippen molar-refractivity contribution in [3.8, 4) is 0 Å². The number of hydrogen-bond acceptors (Lipinski definition) is 3. The first-order chi connectivity index (χ1) is 12.5. The number of rotatable bonds is 3. The fourth-order valence-corrected chi connectivity index (χ4v) is 4.66. The highest BCUT2D eigenvalue weighted by Crippen LogP contribution is 2.45. The van der Waals surface area contributed by atoms with Gasteiger partial charge in [0.2, 0.25) is 5.91 Å². The second-order valence-electron chi connectivity index (χ2n) is 9.78. The highest BCUT2D eigenvalue weighted by Gasteiger charge is 2.42. The summed E-state index contributed by atoms with van der Waals surface area (Å²) in [7, 11) is 1.40. The Bertz CT molecular complexity index is 773. The van der Waals surface area contributed by atoms with Gasteiger partial charge in [-0.15, -0.1) is 0 Å². The molecule has 2 unspecified atom stereocenters. The third-order valence-electron chi connectivity index (χ3n) is 6.48. The molecule has 1 saturated heterocycles. The number of benzene rings is 1. The van der Waals surface area contributed by atoms with Crippen molar-refractivity contribution in [2.45, 2.75) is 90.1 Å². The van der Waals surface area contributed by atoms with E-state index < -0.39 is 6.04 Å². The molecule has 1 fully saturated rings. The quantitative estimate of drug-likeness (QED) is 0.738. The van der Waals surface area contributed by atoms with Gasteiger partial charge in [-0.05, 0) is 59.3 Å². The van der Waals surface area contributed by atoms with Crippen molar-refractivity contribution in [1.29, 1.82) is 0 Å². The highest BCUT2D eigenvalue weighted by atomic mass is 16.5. The van der Waals surface area contributed by atoms with Gasteiger partial charge in [-0.1, -0.05) is 46.8 Å². The summed E-state index contributed by atoms with van der Waals surface area (Å²) in [6.07, 6.45) is 3.10. The smallest absolute Gasteiger partial charge is 0.328 e. The maximum absolute atomic E-state index is 12.6.